The highest BCUT2D eigenvalue weighted by atomic mass is 32.1. The minimum absolute atomic E-state index is 0.00982. The molecule has 2 fully saturated rings. The van der Waals surface area contributed by atoms with Crippen LogP contribution in [0.2, 0.25) is 0 Å². The highest BCUT2D eigenvalue weighted by molar-refractivity contribution is 7.80. The maximum absolute atomic E-state index is 12.9. The molecule has 0 aromatic heterocycles. The minimum Gasteiger partial charge on any atom is -0.368 e. The van der Waals surface area contributed by atoms with E-state index in [2.05, 4.69) is 26.1 Å². The lowest BCUT2D eigenvalue weighted by atomic mass is 9.93. The lowest BCUT2D eigenvalue weighted by Gasteiger charge is -2.45. The number of nitrogens with one attached hydrogen (secondary N) is 1. The van der Waals surface area contributed by atoms with Crippen LogP contribution in [0.5, 0.6) is 0 Å². The van der Waals surface area contributed by atoms with Gasteiger partial charge in [-0.15, -0.1) is 0 Å². The van der Waals surface area contributed by atoms with E-state index in [0.29, 0.717) is 37.0 Å². The van der Waals surface area contributed by atoms with E-state index in [0.717, 1.165) is 12.5 Å². The van der Waals surface area contributed by atoms with Crippen LogP contribution in [-0.2, 0) is 11.0 Å². The number of nitrogens with zero attached hydrogens (tertiary/aromatic N) is 3. The van der Waals surface area contributed by atoms with Crippen molar-refractivity contribution < 1.29 is 18.0 Å². The SMILES string of the molecule is C[C@H]1CC(C)(C)NC(=S)N1CC(=O)N1CCN(c2cccc(C(F)(F)F)c2)CC1. The molecule has 3 rings (SSSR count). The molecular weight excluding hydrogens is 401 g/mol. The summed E-state index contributed by atoms with van der Waals surface area (Å²) in [5.74, 6) is -0.00982. The van der Waals surface area contributed by atoms with Gasteiger partial charge < -0.3 is 20.0 Å². The summed E-state index contributed by atoms with van der Waals surface area (Å²) in [6.45, 7) is 8.40. The van der Waals surface area contributed by atoms with Crippen molar-refractivity contribution in [3.05, 3.63) is 29.8 Å². The average molecular weight is 429 g/mol. The Kier molecular flexibility index (Phi) is 5.98. The number of amides is 1. The normalized spacial score (nSPS) is 22.5. The number of rotatable bonds is 3. The first-order valence-electron chi connectivity index (χ1n) is 9.75. The van der Waals surface area contributed by atoms with Gasteiger partial charge in [-0.3, -0.25) is 4.79 Å². The average Bonchev–Trinajstić information content (AvgIpc) is 2.63. The third-order valence-electron chi connectivity index (χ3n) is 5.52. The van der Waals surface area contributed by atoms with Crippen molar-refractivity contribution in [1.82, 2.24) is 15.1 Å². The molecule has 1 amide bonds. The van der Waals surface area contributed by atoms with E-state index in [1.54, 1.807) is 11.0 Å². The van der Waals surface area contributed by atoms with Gasteiger partial charge in [-0.1, -0.05) is 6.07 Å². The van der Waals surface area contributed by atoms with Crippen molar-refractivity contribution in [2.24, 2.45) is 0 Å². The highest BCUT2D eigenvalue weighted by Gasteiger charge is 2.35. The van der Waals surface area contributed by atoms with Gasteiger partial charge in [0, 0.05) is 43.4 Å². The summed E-state index contributed by atoms with van der Waals surface area (Å²) in [5, 5.41) is 3.86. The van der Waals surface area contributed by atoms with Crippen molar-refractivity contribution >= 4 is 28.9 Å². The molecule has 2 saturated heterocycles. The monoisotopic (exact) mass is 428 g/mol. The Labute approximate surface area is 174 Å². The number of anilines is 1. The zero-order valence-electron chi connectivity index (χ0n) is 16.9. The first-order valence-corrected chi connectivity index (χ1v) is 10.2. The van der Waals surface area contributed by atoms with Gasteiger partial charge in [0.25, 0.3) is 0 Å². The van der Waals surface area contributed by atoms with Gasteiger partial charge in [-0.2, -0.15) is 13.2 Å². The van der Waals surface area contributed by atoms with Crippen LogP contribution in [0.3, 0.4) is 0 Å². The summed E-state index contributed by atoms with van der Waals surface area (Å²) in [7, 11) is 0. The second kappa shape index (κ2) is 8.01. The molecule has 1 aromatic rings. The van der Waals surface area contributed by atoms with Gasteiger partial charge in [-0.05, 0) is 57.6 Å². The zero-order chi connectivity index (χ0) is 21.4. The number of piperazine rings is 1. The number of thiocarbonyl (C=S) groups is 1. The number of alkyl halides is 3. The predicted molar refractivity (Wildman–Crippen MR) is 111 cm³/mol. The van der Waals surface area contributed by atoms with Gasteiger partial charge in [0.2, 0.25) is 5.91 Å². The Bertz CT molecular complexity index is 775. The smallest absolute Gasteiger partial charge is 0.368 e. The molecule has 2 heterocycles. The minimum atomic E-state index is -4.36. The molecule has 160 valence electrons. The van der Waals surface area contributed by atoms with Crippen LogP contribution in [0.25, 0.3) is 0 Å². The molecule has 29 heavy (non-hydrogen) atoms. The van der Waals surface area contributed by atoms with E-state index in [1.165, 1.54) is 12.1 Å². The maximum Gasteiger partial charge on any atom is 0.416 e. The summed E-state index contributed by atoms with van der Waals surface area (Å²) in [6, 6.07) is 5.49. The van der Waals surface area contributed by atoms with Crippen LogP contribution in [0.15, 0.2) is 24.3 Å². The number of benzene rings is 1. The lowest BCUT2D eigenvalue weighted by Crippen LogP contribution is -2.62. The van der Waals surface area contributed by atoms with E-state index in [-0.39, 0.29) is 24.0 Å². The number of carbonyl (C=O) groups is 1. The fraction of sp³-hybridized carbons (Fsp3) is 0.600. The molecule has 9 heteroatoms. The summed E-state index contributed by atoms with van der Waals surface area (Å²) in [5.41, 5.74) is -0.215. The third-order valence-corrected chi connectivity index (χ3v) is 5.86. The second-order valence-corrected chi connectivity index (χ2v) is 8.80. The number of halogens is 3. The molecule has 0 bridgehead atoms. The van der Waals surface area contributed by atoms with Crippen LogP contribution >= 0.6 is 12.2 Å². The van der Waals surface area contributed by atoms with Crippen LogP contribution in [-0.4, -0.2) is 65.1 Å². The Morgan fingerprint density at radius 1 is 1.24 bits per heavy atom. The summed E-state index contributed by atoms with van der Waals surface area (Å²) < 4.78 is 38.8. The Hall–Kier alpha value is -2.03. The highest BCUT2D eigenvalue weighted by Crippen LogP contribution is 2.32. The van der Waals surface area contributed by atoms with Crippen LogP contribution < -0.4 is 10.2 Å². The molecule has 0 unspecified atom stereocenters. The molecule has 0 radical (unpaired) electrons. The lowest BCUT2D eigenvalue weighted by molar-refractivity contribution is -0.137. The molecule has 2 aliphatic rings. The number of hydrogen-bond acceptors (Lipinski definition) is 3. The maximum atomic E-state index is 12.9. The third kappa shape index (κ3) is 5.12. The molecule has 2 aliphatic heterocycles. The van der Waals surface area contributed by atoms with Crippen LogP contribution in [0.1, 0.15) is 32.8 Å². The standard InChI is InChI=1S/C20H27F3N4OS/c1-14-12-19(2,3)24-18(29)27(14)13-17(28)26-9-7-25(8-10-26)16-6-4-5-15(11-16)20(21,22)23/h4-6,11,14H,7-10,12-13H2,1-3H3,(H,24,29)/t14-/m0/s1. The van der Waals surface area contributed by atoms with Crippen molar-refractivity contribution in [3.63, 3.8) is 0 Å². The van der Waals surface area contributed by atoms with E-state index in [4.69, 9.17) is 12.2 Å². The Morgan fingerprint density at radius 2 is 1.90 bits per heavy atom. The molecule has 0 aliphatic carbocycles. The molecule has 1 atom stereocenters. The molecule has 1 aromatic carbocycles. The molecular formula is C20H27F3N4OS. The van der Waals surface area contributed by atoms with E-state index >= 15 is 0 Å². The van der Waals surface area contributed by atoms with Crippen molar-refractivity contribution in [3.8, 4) is 0 Å². The Balaban J connectivity index is 1.57. The topological polar surface area (TPSA) is 38.8 Å². The summed E-state index contributed by atoms with van der Waals surface area (Å²) in [6.07, 6.45) is -3.48. The van der Waals surface area contributed by atoms with Crippen LogP contribution in [0, 0.1) is 0 Å². The second-order valence-electron chi connectivity index (χ2n) is 8.41. The molecule has 0 saturated carbocycles. The fourth-order valence-electron chi connectivity index (χ4n) is 4.03. The van der Waals surface area contributed by atoms with Gasteiger partial charge in [0.1, 0.15) is 0 Å². The van der Waals surface area contributed by atoms with Crippen LogP contribution in [0.4, 0.5) is 18.9 Å². The number of hydrogen-bond donors (Lipinski definition) is 1. The van der Waals surface area contributed by atoms with Crippen molar-refractivity contribution in [1.29, 1.82) is 0 Å². The molecule has 1 N–H and O–H groups in total. The van der Waals surface area contributed by atoms with Gasteiger partial charge >= 0.3 is 6.18 Å². The number of carbonyl (C=O) groups excluding carboxylic acids is 1. The zero-order valence-corrected chi connectivity index (χ0v) is 17.7. The van der Waals surface area contributed by atoms with Crippen molar-refractivity contribution in [2.75, 3.05) is 37.6 Å². The van der Waals surface area contributed by atoms with E-state index in [1.807, 2.05) is 9.80 Å². The fourth-order valence-corrected chi connectivity index (χ4v) is 4.55. The summed E-state index contributed by atoms with van der Waals surface area (Å²) >= 11 is 5.44. The van der Waals surface area contributed by atoms with E-state index < -0.39 is 11.7 Å². The van der Waals surface area contributed by atoms with E-state index in [9.17, 15) is 18.0 Å². The largest absolute Gasteiger partial charge is 0.416 e. The van der Waals surface area contributed by atoms with Gasteiger partial charge in [0.15, 0.2) is 5.11 Å². The quantitative estimate of drug-likeness (QED) is 0.749. The Morgan fingerprint density at radius 3 is 2.48 bits per heavy atom. The predicted octanol–water partition coefficient (Wildman–Crippen LogP) is 3.10. The summed E-state index contributed by atoms with van der Waals surface area (Å²) in [4.78, 5) is 18.3. The van der Waals surface area contributed by atoms with Gasteiger partial charge in [-0.25, -0.2) is 0 Å². The molecule has 5 nitrogen and oxygen atoms in total. The molecule has 0 spiro atoms. The van der Waals surface area contributed by atoms with Gasteiger partial charge in [0.05, 0.1) is 12.1 Å². The van der Waals surface area contributed by atoms with Crippen molar-refractivity contribution in [2.45, 2.75) is 44.9 Å². The first kappa shape index (κ1) is 21.7. The first-order chi connectivity index (χ1) is 13.5.